The Labute approximate surface area is 105 Å². The van der Waals surface area contributed by atoms with Gasteiger partial charge in [0.25, 0.3) is 14.6 Å². The number of benzene rings is 1. The monoisotopic (exact) mass is 287 g/mol. The van der Waals surface area contributed by atoms with Gasteiger partial charge in [0.15, 0.2) is 0 Å². The number of aromatic amines is 1. The highest BCUT2D eigenvalue weighted by Gasteiger charge is 2.16. The molecule has 0 radical (unpaired) electrons. The van der Waals surface area contributed by atoms with Gasteiger partial charge in [-0.3, -0.25) is 4.79 Å². The second kappa shape index (κ2) is 4.11. The van der Waals surface area contributed by atoms with E-state index >= 15 is 0 Å². The third kappa shape index (κ3) is 2.09. The van der Waals surface area contributed by atoms with E-state index in [4.69, 9.17) is 15.8 Å². The fraction of sp³-hybridized carbons (Fsp3) is 0. The van der Waals surface area contributed by atoms with Gasteiger partial charge in [-0.05, 0) is 12.1 Å². The van der Waals surface area contributed by atoms with Crippen molar-refractivity contribution in [2.45, 2.75) is 4.90 Å². The molecule has 0 bridgehead atoms. The van der Waals surface area contributed by atoms with Crippen molar-refractivity contribution in [1.29, 1.82) is 0 Å². The molecule has 0 fully saturated rings. The first kappa shape index (κ1) is 12.6. The number of carboxylic acids is 1. The van der Waals surface area contributed by atoms with Crippen molar-refractivity contribution < 1.29 is 18.3 Å². The number of hydrogen-bond acceptors (Lipinski definition) is 4. The van der Waals surface area contributed by atoms with Crippen LogP contribution in [0.4, 0.5) is 0 Å². The van der Waals surface area contributed by atoms with E-state index in [0.29, 0.717) is 0 Å². The third-order valence-electron chi connectivity index (χ3n) is 2.37. The molecule has 0 saturated heterocycles. The van der Waals surface area contributed by atoms with E-state index in [2.05, 4.69) is 4.98 Å². The maximum absolute atomic E-state index is 11.4. The molecule has 0 atom stereocenters. The van der Waals surface area contributed by atoms with Crippen LogP contribution in [0.1, 0.15) is 10.4 Å². The Hall–Kier alpha value is -1.86. The molecule has 2 N–H and O–H groups in total. The molecule has 1 aromatic carbocycles. The molecule has 0 saturated carbocycles. The standard InChI is InChI=1S/C10H6ClNO5S/c11-18(16,17)6-1-2-7-5(3-6)4-12-9(13)8(7)10(14)15/h1-4H,(H,12,13)(H,14,15). The Kier molecular flexibility index (Phi) is 2.88. The maximum atomic E-state index is 11.4. The van der Waals surface area contributed by atoms with Crippen molar-refractivity contribution in [3.63, 3.8) is 0 Å². The minimum atomic E-state index is -3.90. The van der Waals surface area contributed by atoms with Crippen LogP contribution in [0.15, 0.2) is 34.1 Å². The number of aromatic carboxylic acids is 1. The van der Waals surface area contributed by atoms with E-state index in [1.165, 1.54) is 18.3 Å². The lowest BCUT2D eigenvalue weighted by molar-refractivity contribution is 0.0697. The Morgan fingerprint density at radius 1 is 1.33 bits per heavy atom. The molecule has 1 aromatic heterocycles. The molecule has 1 heterocycles. The molecule has 0 aliphatic heterocycles. The average Bonchev–Trinajstić information content (AvgIpc) is 2.26. The largest absolute Gasteiger partial charge is 0.477 e. The van der Waals surface area contributed by atoms with Gasteiger partial charge >= 0.3 is 5.97 Å². The second-order valence-corrected chi connectivity index (χ2v) is 6.05. The summed E-state index contributed by atoms with van der Waals surface area (Å²) in [5.41, 5.74) is -1.19. The minimum Gasteiger partial charge on any atom is -0.477 e. The maximum Gasteiger partial charge on any atom is 0.341 e. The molecule has 94 valence electrons. The number of rotatable bonds is 2. The van der Waals surface area contributed by atoms with Crippen LogP contribution < -0.4 is 5.56 Å². The highest BCUT2D eigenvalue weighted by molar-refractivity contribution is 8.13. The van der Waals surface area contributed by atoms with Gasteiger partial charge < -0.3 is 10.1 Å². The van der Waals surface area contributed by atoms with Gasteiger partial charge in [-0.25, -0.2) is 13.2 Å². The van der Waals surface area contributed by atoms with Crippen molar-refractivity contribution in [2.24, 2.45) is 0 Å². The van der Waals surface area contributed by atoms with Crippen LogP contribution >= 0.6 is 10.7 Å². The van der Waals surface area contributed by atoms with Gasteiger partial charge in [-0.2, -0.15) is 0 Å². The number of hydrogen-bond donors (Lipinski definition) is 2. The zero-order valence-electron chi connectivity index (χ0n) is 8.68. The quantitative estimate of drug-likeness (QED) is 0.806. The normalized spacial score (nSPS) is 11.6. The summed E-state index contributed by atoms with van der Waals surface area (Å²) in [6.45, 7) is 0. The predicted octanol–water partition coefficient (Wildman–Crippen LogP) is 1.15. The smallest absolute Gasteiger partial charge is 0.341 e. The SMILES string of the molecule is O=C(O)c1c(=O)[nH]cc2cc(S(=O)(=O)Cl)ccc12. The first-order valence-electron chi connectivity index (χ1n) is 4.64. The van der Waals surface area contributed by atoms with Crippen LogP contribution in [0.2, 0.25) is 0 Å². The van der Waals surface area contributed by atoms with Crippen LogP contribution in [0, 0.1) is 0 Å². The summed E-state index contributed by atoms with van der Waals surface area (Å²) in [7, 11) is 1.27. The van der Waals surface area contributed by atoms with Crippen molar-refractivity contribution >= 4 is 36.5 Å². The number of carboxylic acid groups (broad SMARTS) is 1. The number of aromatic nitrogens is 1. The van der Waals surface area contributed by atoms with Crippen LogP contribution in [0.25, 0.3) is 10.8 Å². The number of fused-ring (bicyclic) bond motifs is 1. The van der Waals surface area contributed by atoms with Crippen LogP contribution in [0.3, 0.4) is 0 Å². The highest BCUT2D eigenvalue weighted by atomic mass is 35.7. The van der Waals surface area contributed by atoms with Gasteiger partial charge in [-0.15, -0.1) is 0 Å². The van der Waals surface area contributed by atoms with Crippen molar-refractivity contribution in [2.75, 3.05) is 0 Å². The molecule has 2 aromatic rings. The number of pyridine rings is 1. The van der Waals surface area contributed by atoms with E-state index in [1.807, 2.05) is 0 Å². The van der Waals surface area contributed by atoms with Gasteiger partial charge in [0.2, 0.25) is 0 Å². The topological polar surface area (TPSA) is 104 Å². The molecular weight excluding hydrogens is 282 g/mol. The van der Waals surface area contributed by atoms with E-state index in [-0.39, 0.29) is 15.7 Å². The molecule has 0 spiro atoms. The lowest BCUT2D eigenvalue weighted by Gasteiger charge is -2.03. The lowest BCUT2D eigenvalue weighted by atomic mass is 10.1. The molecule has 0 aliphatic rings. The van der Waals surface area contributed by atoms with E-state index in [9.17, 15) is 18.0 Å². The Morgan fingerprint density at radius 2 is 2.00 bits per heavy atom. The summed E-state index contributed by atoms with van der Waals surface area (Å²) >= 11 is 0. The summed E-state index contributed by atoms with van der Waals surface area (Å²) in [5, 5.41) is 9.35. The molecule has 2 rings (SSSR count). The van der Waals surface area contributed by atoms with Crippen LogP contribution in [-0.4, -0.2) is 24.5 Å². The molecule has 0 unspecified atom stereocenters. The molecule has 0 aliphatic carbocycles. The van der Waals surface area contributed by atoms with Gasteiger partial charge in [-0.1, -0.05) is 6.07 Å². The van der Waals surface area contributed by atoms with E-state index < -0.39 is 26.1 Å². The molecular formula is C10H6ClNO5S. The first-order chi connectivity index (χ1) is 8.30. The fourth-order valence-corrected chi connectivity index (χ4v) is 2.38. The van der Waals surface area contributed by atoms with Crippen molar-refractivity contribution in [3.8, 4) is 0 Å². The number of halogens is 1. The van der Waals surface area contributed by atoms with Gasteiger partial charge in [0, 0.05) is 27.7 Å². The zero-order valence-corrected chi connectivity index (χ0v) is 10.2. The lowest BCUT2D eigenvalue weighted by Crippen LogP contribution is -2.17. The van der Waals surface area contributed by atoms with Crippen LogP contribution in [0.5, 0.6) is 0 Å². The Balaban J connectivity index is 2.88. The summed E-state index contributed by atoms with van der Waals surface area (Å²) in [4.78, 5) is 24.4. The van der Waals surface area contributed by atoms with Crippen molar-refractivity contribution in [1.82, 2.24) is 4.98 Å². The number of H-pyrrole nitrogens is 1. The molecule has 0 amide bonds. The molecule has 18 heavy (non-hydrogen) atoms. The molecule has 8 heteroatoms. The van der Waals surface area contributed by atoms with Gasteiger partial charge in [0.1, 0.15) is 5.56 Å². The second-order valence-electron chi connectivity index (χ2n) is 3.48. The summed E-state index contributed by atoms with van der Waals surface area (Å²) < 4.78 is 22.3. The zero-order chi connectivity index (χ0) is 13.5. The average molecular weight is 288 g/mol. The number of carbonyl (C=O) groups is 1. The summed E-state index contributed by atoms with van der Waals surface area (Å²) in [6.07, 6.45) is 1.23. The fourth-order valence-electron chi connectivity index (χ4n) is 1.59. The Morgan fingerprint density at radius 3 is 2.56 bits per heavy atom. The van der Waals surface area contributed by atoms with E-state index in [1.54, 1.807) is 0 Å². The van der Waals surface area contributed by atoms with Gasteiger partial charge in [0.05, 0.1) is 4.90 Å². The summed E-state index contributed by atoms with van der Waals surface area (Å²) in [5.74, 6) is -1.39. The minimum absolute atomic E-state index is 0.148. The number of nitrogens with one attached hydrogen (secondary N) is 1. The van der Waals surface area contributed by atoms with Crippen molar-refractivity contribution in [3.05, 3.63) is 40.3 Å². The summed E-state index contributed by atoms with van der Waals surface area (Å²) in [6, 6.07) is 3.58. The first-order valence-corrected chi connectivity index (χ1v) is 6.95. The molecule has 6 nitrogen and oxygen atoms in total. The Bertz CT molecular complexity index is 809. The predicted molar refractivity (Wildman–Crippen MR) is 64.6 cm³/mol. The third-order valence-corrected chi connectivity index (χ3v) is 3.73. The highest BCUT2D eigenvalue weighted by Crippen LogP contribution is 2.22. The van der Waals surface area contributed by atoms with E-state index in [0.717, 1.165) is 6.07 Å². The van der Waals surface area contributed by atoms with Crippen LogP contribution in [-0.2, 0) is 9.05 Å².